The first kappa shape index (κ1) is 46.5. The van der Waals surface area contributed by atoms with E-state index in [1.807, 2.05) is 34.1 Å². The predicted octanol–water partition coefficient (Wildman–Crippen LogP) is 2.17. The highest BCUT2D eigenvalue weighted by molar-refractivity contribution is 7.99. The SMILES string of the molecule is COC(=O)c1cccc(CN(CCO)CCOC[C@@H](CSCCOCCOCCOc2ccc(N)cc2)OCCN(CCO)Cc2cccc(C(=O)OC)n2)n1. The summed E-state index contributed by atoms with van der Waals surface area (Å²) >= 11 is 1.69. The van der Waals surface area contributed by atoms with Crippen molar-refractivity contribution in [2.75, 3.05) is 124 Å². The maximum absolute atomic E-state index is 12.0. The number of thioether (sulfide) groups is 1. The van der Waals surface area contributed by atoms with E-state index < -0.39 is 11.9 Å². The fourth-order valence-corrected chi connectivity index (χ4v) is 6.05. The van der Waals surface area contributed by atoms with Gasteiger partial charge in [-0.05, 0) is 48.5 Å². The Kier molecular flexibility index (Phi) is 23.6. The van der Waals surface area contributed by atoms with Gasteiger partial charge in [0.25, 0.3) is 0 Å². The van der Waals surface area contributed by atoms with Gasteiger partial charge in [-0.3, -0.25) is 9.80 Å². The minimum Gasteiger partial charge on any atom is -0.491 e. The number of hydrogen-bond acceptors (Lipinski definition) is 17. The molecule has 16 nitrogen and oxygen atoms in total. The van der Waals surface area contributed by atoms with Gasteiger partial charge in [0.05, 0.1) is 91.2 Å². The van der Waals surface area contributed by atoms with Crippen LogP contribution in [0.5, 0.6) is 5.75 Å². The fraction of sp³-hybridized carbons (Fsp3) is 0.538. The third kappa shape index (κ3) is 19.3. The first-order chi connectivity index (χ1) is 27.3. The molecule has 0 saturated carbocycles. The molecule has 2 aromatic heterocycles. The van der Waals surface area contributed by atoms with Crippen molar-refractivity contribution in [1.82, 2.24) is 19.8 Å². The van der Waals surface area contributed by atoms with Crippen molar-refractivity contribution in [3.05, 3.63) is 83.4 Å². The number of aliphatic hydroxyl groups excluding tert-OH is 2. The van der Waals surface area contributed by atoms with E-state index in [-0.39, 0.29) is 30.7 Å². The van der Waals surface area contributed by atoms with Crippen LogP contribution in [0.15, 0.2) is 60.7 Å². The number of carbonyl (C=O) groups is 2. The number of nitrogens with two attached hydrogens (primary N) is 1. The van der Waals surface area contributed by atoms with Gasteiger partial charge in [0.1, 0.15) is 23.7 Å². The van der Waals surface area contributed by atoms with Crippen molar-refractivity contribution < 1.29 is 53.0 Å². The summed E-state index contributed by atoms with van der Waals surface area (Å²) in [6.45, 7) is 6.05. The van der Waals surface area contributed by atoms with Crippen molar-refractivity contribution >= 4 is 29.4 Å². The molecule has 0 aliphatic rings. The van der Waals surface area contributed by atoms with E-state index >= 15 is 0 Å². The molecular weight excluding hydrogens is 747 g/mol. The zero-order valence-electron chi connectivity index (χ0n) is 32.4. The van der Waals surface area contributed by atoms with E-state index in [4.69, 9.17) is 38.9 Å². The number of nitrogens with zero attached hydrogens (tertiary/aromatic N) is 4. The lowest BCUT2D eigenvalue weighted by molar-refractivity contribution is -0.0176. The molecule has 0 unspecified atom stereocenters. The van der Waals surface area contributed by atoms with Gasteiger partial charge in [-0.2, -0.15) is 11.8 Å². The molecule has 3 aromatic rings. The minimum atomic E-state index is -0.511. The van der Waals surface area contributed by atoms with E-state index in [2.05, 4.69) is 9.97 Å². The van der Waals surface area contributed by atoms with E-state index in [0.29, 0.717) is 115 Å². The number of aliphatic hydroxyl groups is 2. The zero-order valence-corrected chi connectivity index (χ0v) is 33.2. The summed E-state index contributed by atoms with van der Waals surface area (Å²) in [5.41, 5.74) is 8.18. The number of ether oxygens (including phenoxy) is 7. The van der Waals surface area contributed by atoms with Gasteiger partial charge in [-0.15, -0.1) is 0 Å². The molecule has 0 bridgehead atoms. The van der Waals surface area contributed by atoms with Gasteiger partial charge >= 0.3 is 11.9 Å². The van der Waals surface area contributed by atoms with Crippen LogP contribution in [0.4, 0.5) is 5.69 Å². The number of pyridine rings is 2. The van der Waals surface area contributed by atoms with Crippen LogP contribution in [0.3, 0.4) is 0 Å². The Bertz CT molecular complexity index is 1520. The second-order valence-electron chi connectivity index (χ2n) is 12.3. The number of hydrogen-bond donors (Lipinski definition) is 3. The van der Waals surface area contributed by atoms with E-state index in [1.54, 1.807) is 48.2 Å². The lowest BCUT2D eigenvalue weighted by Crippen LogP contribution is -2.34. The summed E-state index contributed by atoms with van der Waals surface area (Å²) in [6, 6.07) is 17.6. The minimum absolute atomic E-state index is 0.0426. The third-order valence-corrected chi connectivity index (χ3v) is 9.11. The summed E-state index contributed by atoms with van der Waals surface area (Å²) in [5.74, 6) is 1.14. The molecule has 0 spiro atoms. The van der Waals surface area contributed by atoms with Gasteiger partial charge in [-0.25, -0.2) is 19.6 Å². The smallest absolute Gasteiger partial charge is 0.356 e. The van der Waals surface area contributed by atoms with Crippen LogP contribution in [-0.4, -0.2) is 166 Å². The third-order valence-electron chi connectivity index (χ3n) is 8.05. The van der Waals surface area contributed by atoms with Crippen LogP contribution in [0.2, 0.25) is 0 Å². The maximum Gasteiger partial charge on any atom is 0.356 e. The van der Waals surface area contributed by atoms with Gasteiger partial charge in [-0.1, -0.05) is 12.1 Å². The molecule has 0 amide bonds. The summed E-state index contributed by atoms with van der Waals surface area (Å²) in [4.78, 5) is 36.7. The van der Waals surface area contributed by atoms with Crippen LogP contribution in [0.25, 0.3) is 0 Å². The molecule has 3 rings (SSSR count). The predicted molar refractivity (Wildman–Crippen MR) is 212 cm³/mol. The monoisotopic (exact) mass is 803 g/mol. The van der Waals surface area contributed by atoms with Crippen LogP contribution < -0.4 is 10.5 Å². The molecule has 4 N–H and O–H groups in total. The topological polar surface area (TPSA) is 197 Å². The Labute approximate surface area is 333 Å². The average molecular weight is 804 g/mol. The molecule has 1 aromatic carbocycles. The van der Waals surface area contributed by atoms with E-state index in [1.165, 1.54) is 14.2 Å². The quantitative estimate of drug-likeness (QED) is 0.0486. The molecule has 1 atom stereocenters. The molecule has 0 radical (unpaired) electrons. The van der Waals surface area contributed by atoms with Gasteiger partial charge in [0.2, 0.25) is 0 Å². The van der Waals surface area contributed by atoms with Gasteiger partial charge in [0, 0.05) is 56.5 Å². The Morgan fingerprint density at radius 2 is 1.25 bits per heavy atom. The second-order valence-corrected chi connectivity index (χ2v) is 13.4. The molecular formula is C39H57N5O11S. The summed E-state index contributed by atoms with van der Waals surface area (Å²) in [6.07, 6.45) is -0.231. The number of nitrogen functional groups attached to an aromatic ring is 1. The second kappa shape index (κ2) is 28.5. The molecule has 0 saturated heterocycles. The van der Waals surface area contributed by atoms with E-state index in [0.717, 1.165) is 11.5 Å². The van der Waals surface area contributed by atoms with Crippen molar-refractivity contribution in [3.63, 3.8) is 0 Å². The Hall–Kier alpha value is -3.91. The molecule has 310 valence electrons. The number of benzene rings is 1. The number of anilines is 1. The van der Waals surface area contributed by atoms with Crippen molar-refractivity contribution in [2.24, 2.45) is 0 Å². The molecule has 0 aliphatic carbocycles. The van der Waals surface area contributed by atoms with Gasteiger partial charge in [0.15, 0.2) is 0 Å². The summed E-state index contributed by atoms with van der Waals surface area (Å²) < 4.78 is 38.9. The number of aromatic nitrogens is 2. The van der Waals surface area contributed by atoms with Crippen molar-refractivity contribution in [3.8, 4) is 5.75 Å². The number of methoxy groups -OCH3 is 2. The zero-order chi connectivity index (χ0) is 40.2. The van der Waals surface area contributed by atoms with E-state index in [9.17, 15) is 19.8 Å². The highest BCUT2D eigenvalue weighted by Crippen LogP contribution is 2.13. The van der Waals surface area contributed by atoms with Crippen LogP contribution in [0.1, 0.15) is 32.4 Å². The molecule has 0 aliphatic heterocycles. The molecule has 56 heavy (non-hydrogen) atoms. The average Bonchev–Trinajstić information content (AvgIpc) is 3.21. The number of esters is 2. The van der Waals surface area contributed by atoms with Gasteiger partial charge < -0.3 is 49.1 Å². The number of carbonyl (C=O) groups excluding carboxylic acids is 2. The lowest BCUT2D eigenvalue weighted by Gasteiger charge is -2.24. The Balaban J connectivity index is 1.44. The standard InChI is InChI=1S/C39H57N5O11S/c1-49-38(47)36-7-3-5-32(41-36)27-43(13-17-45)15-19-53-29-35(30-56-26-25-52-22-21-51-23-24-55-34-11-9-31(40)10-12-34)54-20-16-44(14-18-46)28-33-6-4-8-37(42-33)39(48)50-2/h3-12,35,45-46H,13-30,40H2,1-2H3/t35-/m0/s1. The van der Waals surface area contributed by atoms with Crippen molar-refractivity contribution in [2.45, 2.75) is 19.2 Å². The Morgan fingerprint density at radius 3 is 1.82 bits per heavy atom. The molecule has 17 heteroatoms. The highest BCUT2D eigenvalue weighted by Gasteiger charge is 2.16. The fourth-order valence-electron chi connectivity index (χ4n) is 5.19. The highest BCUT2D eigenvalue weighted by atomic mass is 32.2. The molecule has 0 fully saturated rings. The largest absolute Gasteiger partial charge is 0.491 e. The van der Waals surface area contributed by atoms with Crippen LogP contribution in [-0.2, 0) is 41.5 Å². The molecule has 2 heterocycles. The number of rotatable bonds is 31. The van der Waals surface area contributed by atoms with Crippen molar-refractivity contribution in [1.29, 1.82) is 0 Å². The maximum atomic E-state index is 12.0. The first-order valence-electron chi connectivity index (χ1n) is 18.5. The Morgan fingerprint density at radius 1 is 0.696 bits per heavy atom. The van der Waals surface area contributed by atoms with Crippen LogP contribution >= 0.6 is 11.8 Å². The normalized spacial score (nSPS) is 11.9. The first-order valence-corrected chi connectivity index (χ1v) is 19.7. The summed E-state index contributed by atoms with van der Waals surface area (Å²) in [7, 11) is 2.62. The van der Waals surface area contributed by atoms with Crippen LogP contribution in [0, 0.1) is 0 Å². The lowest BCUT2D eigenvalue weighted by atomic mass is 10.3. The summed E-state index contributed by atoms with van der Waals surface area (Å²) in [5, 5.41) is 19.4.